The number of amides is 1. The molecule has 6 rings (SSSR count). The van der Waals surface area contributed by atoms with Gasteiger partial charge in [0.15, 0.2) is 5.60 Å². The summed E-state index contributed by atoms with van der Waals surface area (Å²) in [5, 5.41) is 15.3. The van der Waals surface area contributed by atoms with Crippen LogP contribution in [0.1, 0.15) is 67.0 Å². The van der Waals surface area contributed by atoms with Crippen molar-refractivity contribution in [2.24, 2.45) is 0 Å². The summed E-state index contributed by atoms with van der Waals surface area (Å²) in [4.78, 5) is 43.0. The number of rotatable bonds is 2. The Balaban J connectivity index is 1.66. The monoisotopic (exact) mass is 459 g/mol. The van der Waals surface area contributed by atoms with Crippen molar-refractivity contribution in [3.05, 3.63) is 62.4 Å². The van der Waals surface area contributed by atoms with Crippen molar-refractivity contribution in [3.63, 3.8) is 0 Å². The number of aliphatic hydroxyl groups is 1. The Morgan fingerprint density at radius 2 is 2.15 bits per heavy atom. The molecule has 2 aromatic heterocycles. The number of fused-ring (bicyclic) bond motifs is 5. The molecule has 0 fully saturated rings. The minimum atomic E-state index is -1.86. The predicted octanol–water partition coefficient (Wildman–Crippen LogP) is 2.59. The van der Waals surface area contributed by atoms with Gasteiger partial charge in [0, 0.05) is 23.4 Å². The fourth-order valence-corrected chi connectivity index (χ4v) is 5.86. The van der Waals surface area contributed by atoms with Gasteiger partial charge in [-0.15, -0.1) is 0 Å². The maximum absolute atomic E-state index is 13.5. The van der Waals surface area contributed by atoms with Crippen LogP contribution in [-0.4, -0.2) is 26.5 Å². The number of nitrogens with one attached hydrogen (secondary N) is 1. The van der Waals surface area contributed by atoms with Crippen LogP contribution in [0.15, 0.2) is 29.1 Å². The molecule has 3 aromatic rings. The van der Waals surface area contributed by atoms with Gasteiger partial charge in [-0.1, -0.05) is 19.1 Å². The largest absolute Gasteiger partial charge is 0.458 e. The number of pyridine rings is 2. The van der Waals surface area contributed by atoms with Crippen LogP contribution in [0.2, 0.25) is 0 Å². The molecule has 0 radical (unpaired) electrons. The molecule has 1 aliphatic carbocycles. The summed E-state index contributed by atoms with van der Waals surface area (Å²) in [7, 11) is 0. The summed E-state index contributed by atoms with van der Waals surface area (Å²) < 4.78 is 6.82. The predicted molar refractivity (Wildman–Crippen MR) is 124 cm³/mol. The first kappa shape index (κ1) is 21.0. The van der Waals surface area contributed by atoms with Crippen molar-refractivity contribution in [1.82, 2.24) is 14.9 Å². The third kappa shape index (κ3) is 2.75. The van der Waals surface area contributed by atoms with Gasteiger partial charge < -0.3 is 19.7 Å². The zero-order valence-electron chi connectivity index (χ0n) is 19.1. The number of hydrogen-bond donors (Lipinski definition) is 2. The van der Waals surface area contributed by atoms with E-state index >= 15 is 0 Å². The molecule has 2 N–H and O–H groups in total. The number of aryl methyl sites for hydroxylation is 1. The molecular weight excluding hydrogens is 434 g/mol. The van der Waals surface area contributed by atoms with E-state index in [0.29, 0.717) is 29.1 Å². The maximum atomic E-state index is 13.5. The zero-order valence-corrected chi connectivity index (χ0v) is 19.1. The van der Waals surface area contributed by atoms with Crippen molar-refractivity contribution >= 4 is 22.8 Å². The molecule has 8 heteroatoms. The molecule has 4 heterocycles. The normalized spacial score (nSPS) is 22.4. The topological polar surface area (TPSA) is 111 Å². The van der Waals surface area contributed by atoms with Crippen LogP contribution in [-0.2, 0) is 39.5 Å². The standard InChI is InChI=1S/C26H25N3O5/c1-3-26(33)17-10-20-23-15(11-29(20)24(31)16(17)12-34-25(26)32)22-19(27-13(2)30)9-5-7-14-6-4-8-18(28-23)21(14)22/h4,6,8,10,19,33H,3,5,7,9,11-12H2,1-2H3,(H,27,30)/t19?,26-/m0/s1. The Morgan fingerprint density at radius 1 is 1.32 bits per heavy atom. The number of carbonyl (C=O) groups is 2. The first-order valence-electron chi connectivity index (χ1n) is 11.7. The van der Waals surface area contributed by atoms with Crippen molar-refractivity contribution < 1.29 is 19.4 Å². The van der Waals surface area contributed by atoms with Crippen LogP contribution in [0.3, 0.4) is 0 Å². The SMILES string of the molecule is CC[C@@]1(O)C(=O)OCc2c1cc1n(c2=O)Cc2c-1nc1cccc3c1c2C(NC(C)=O)CCC3. The smallest absolute Gasteiger partial charge is 0.343 e. The molecule has 174 valence electrons. The molecule has 2 aliphatic heterocycles. The lowest BCUT2D eigenvalue weighted by atomic mass is 9.86. The van der Waals surface area contributed by atoms with Gasteiger partial charge in [0.2, 0.25) is 5.91 Å². The van der Waals surface area contributed by atoms with E-state index in [0.717, 1.165) is 41.3 Å². The van der Waals surface area contributed by atoms with Crippen LogP contribution >= 0.6 is 0 Å². The third-order valence-electron chi connectivity index (χ3n) is 7.51. The van der Waals surface area contributed by atoms with Crippen molar-refractivity contribution in [3.8, 4) is 11.4 Å². The van der Waals surface area contributed by atoms with E-state index in [1.165, 1.54) is 12.5 Å². The minimum absolute atomic E-state index is 0.0962. The molecule has 1 aromatic carbocycles. The van der Waals surface area contributed by atoms with Gasteiger partial charge in [0.1, 0.15) is 6.61 Å². The highest BCUT2D eigenvalue weighted by molar-refractivity contribution is 5.92. The van der Waals surface area contributed by atoms with Gasteiger partial charge in [-0.3, -0.25) is 9.59 Å². The van der Waals surface area contributed by atoms with E-state index in [1.807, 2.05) is 12.1 Å². The van der Waals surface area contributed by atoms with E-state index in [4.69, 9.17) is 9.72 Å². The molecule has 0 saturated carbocycles. The second kappa shape index (κ2) is 7.24. The van der Waals surface area contributed by atoms with Gasteiger partial charge in [0.25, 0.3) is 5.56 Å². The lowest BCUT2D eigenvalue weighted by Crippen LogP contribution is -2.44. The maximum Gasteiger partial charge on any atom is 0.343 e. The van der Waals surface area contributed by atoms with E-state index in [1.54, 1.807) is 17.6 Å². The summed E-state index contributed by atoms with van der Waals surface area (Å²) in [6, 6.07) is 7.59. The second-order valence-corrected chi connectivity index (χ2v) is 9.41. The average Bonchev–Trinajstić information content (AvgIpc) is 3.08. The molecule has 0 saturated heterocycles. The summed E-state index contributed by atoms with van der Waals surface area (Å²) in [5.41, 5.74) is 3.62. The van der Waals surface area contributed by atoms with Crippen LogP contribution < -0.4 is 10.9 Å². The summed E-state index contributed by atoms with van der Waals surface area (Å²) in [6.07, 6.45) is 2.71. The van der Waals surface area contributed by atoms with Crippen molar-refractivity contribution in [2.75, 3.05) is 0 Å². The number of esters is 1. The Bertz CT molecular complexity index is 1470. The zero-order chi connectivity index (χ0) is 23.8. The molecule has 3 aliphatic rings. The highest BCUT2D eigenvalue weighted by Gasteiger charge is 2.45. The Labute approximate surface area is 195 Å². The number of carbonyl (C=O) groups excluding carboxylic acids is 2. The summed E-state index contributed by atoms with van der Waals surface area (Å²) >= 11 is 0. The van der Waals surface area contributed by atoms with Crippen LogP contribution in [0, 0.1) is 0 Å². The fraction of sp³-hybridized carbons (Fsp3) is 0.385. The van der Waals surface area contributed by atoms with E-state index < -0.39 is 11.6 Å². The van der Waals surface area contributed by atoms with E-state index in [-0.39, 0.29) is 30.5 Å². The molecule has 0 spiro atoms. The highest BCUT2D eigenvalue weighted by Crippen LogP contribution is 2.44. The van der Waals surface area contributed by atoms with Crippen LogP contribution in [0.25, 0.3) is 22.3 Å². The highest BCUT2D eigenvalue weighted by atomic mass is 16.6. The van der Waals surface area contributed by atoms with Gasteiger partial charge in [0.05, 0.1) is 35.1 Å². The van der Waals surface area contributed by atoms with Crippen molar-refractivity contribution in [1.29, 1.82) is 0 Å². The quantitative estimate of drug-likeness (QED) is 0.446. The van der Waals surface area contributed by atoms with Gasteiger partial charge in [-0.05, 0) is 48.9 Å². The number of hydrogen-bond acceptors (Lipinski definition) is 6. The van der Waals surface area contributed by atoms with E-state index in [2.05, 4.69) is 11.4 Å². The molecule has 1 unspecified atom stereocenters. The first-order chi connectivity index (χ1) is 16.3. The van der Waals surface area contributed by atoms with Crippen LogP contribution in [0.5, 0.6) is 0 Å². The van der Waals surface area contributed by atoms with Crippen molar-refractivity contribution in [2.45, 2.75) is 64.3 Å². The number of cyclic esters (lactones) is 1. The Kier molecular flexibility index (Phi) is 4.48. The lowest BCUT2D eigenvalue weighted by Gasteiger charge is -2.31. The number of benzene rings is 1. The fourth-order valence-electron chi connectivity index (χ4n) is 5.86. The molecule has 0 bridgehead atoms. The summed E-state index contributed by atoms with van der Waals surface area (Å²) in [6.45, 7) is 3.37. The van der Waals surface area contributed by atoms with Crippen LogP contribution in [0.4, 0.5) is 0 Å². The Hall–Kier alpha value is -3.52. The van der Waals surface area contributed by atoms with Gasteiger partial charge in [-0.25, -0.2) is 9.78 Å². The van der Waals surface area contributed by atoms with Gasteiger partial charge in [-0.2, -0.15) is 0 Å². The summed E-state index contributed by atoms with van der Waals surface area (Å²) in [5.74, 6) is -0.839. The lowest BCUT2D eigenvalue weighted by molar-refractivity contribution is -0.172. The molecule has 2 atom stereocenters. The number of ether oxygens (including phenoxy) is 1. The van der Waals surface area contributed by atoms with Gasteiger partial charge >= 0.3 is 5.97 Å². The van der Waals surface area contributed by atoms with E-state index in [9.17, 15) is 19.5 Å². The molecule has 8 nitrogen and oxygen atoms in total. The first-order valence-corrected chi connectivity index (χ1v) is 11.7. The molecule has 1 amide bonds. The third-order valence-corrected chi connectivity index (χ3v) is 7.51. The minimum Gasteiger partial charge on any atom is -0.458 e. The molecular formula is C26H25N3O5. The number of aromatic nitrogens is 2. The molecule has 34 heavy (non-hydrogen) atoms. The average molecular weight is 460 g/mol. The number of nitrogens with zero attached hydrogens (tertiary/aromatic N) is 2. The second-order valence-electron chi connectivity index (χ2n) is 9.41. The Morgan fingerprint density at radius 3 is 2.91 bits per heavy atom.